The molecule has 1 N–H and O–H groups in total. The summed E-state index contributed by atoms with van der Waals surface area (Å²) in [5.41, 5.74) is 2.20. The van der Waals surface area contributed by atoms with Crippen molar-refractivity contribution in [3.05, 3.63) is 63.6 Å². The predicted molar refractivity (Wildman–Crippen MR) is 127 cm³/mol. The summed E-state index contributed by atoms with van der Waals surface area (Å²) >= 11 is 14.1. The summed E-state index contributed by atoms with van der Waals surface area (Å²) in [4.78, 5) is 14.9. The van der Waals surface area contributed by atoms with Gasteiger partial charge in [0, 0.05) is 40.6 Å². The zero-order chi connectivity index (χ0) is 21.3. The average molecular weight is 467 g/mol. The van der Waals surface area contributed by atoms with Crippen molar-refractivity contribution >= 4 is 40.9 Å². The van der Waals surface area contributed by atoms with Crippen molar-refractivity contribution in [1.82, 2.24) is 10.2 Å². The molecule has 1 amide bonds. The molecule has 0 aromatic heterocycles. The number of ether oxygens (including phenoxy) is 1. The lowest BCUT2D eigenvalue weighted by atomic mass is 9.95. The van der Waals surface area contributed by atoms with Crippen molar-refractivity contribution in [1.29, 1.82) is 0 Å². The summed E-state index contributed by atoms with van der Waals surface area (Å²) in [7, 11) is 1.69. The second-order valence-corrected chi connectivity index (χ2v) is 9.37. The van der Waals surface area contributed by atoms with Crippen LogP contribution in [0.15, 0.2) is 42.5 Å². The Morgan fingerprint density at radius 1 is 1.17 bits per heavy atom. The first-order chi connectivity index (χ1) is 14.6. The third-order valence-electron chi connectivity index (χ3n) is 5.35. The molecular formula is C23H28Cl2N2O2S. The van der Waals surface area contributed by atoms with Crippen LogP contribution in [0.25, 0.3) is 0 Å². The number of piperidine rings is 1. The Labute approximate surface area is 193 Å². The van der Waals surface area contributed by atoms with Crippen LogP contribution in [0.3, 0.4) is 0 Å². The maximum atomic E-state index is 12.5. The van der Waals surface area contributed by atoms with E-state index in [1.165, 1.54) is 5.56 Å². The summed E-state index contributed by atoms with van der Waals surface area (Å²) in [6.07, 6.45) is 1.80. The fourth-order valence-corrected chi connectivity index (χ4v) is 5.21. The molecule has 0 saturated carbocycles. The van der Waals surface area contributed by atoms with Crippen molar-refractivity contribution in [3.8, 4) is 5.75 Å². The fourth-order valence-electron chi connectivity index (χ4n) is 3.62. The minimum absolute atomic E-state index is 0.106. The van der Waals surface area contributed by atoms with Crippen LogP contribution in [0, 0.1) is 5.92 Å². The highest BCUT2D eigenvalue weighted by Gasteiger charge is 2.24. The number of amides is 1. The van der Waals surface area contributed by atoms with E-state index in [9.17, 15) is 4.79 Å². The minimum Gasteiger partial charge on any atom is -0.497 e. The zero-order valence-electron chi connectivity index (χ0n) is 17.2. The number of carbonyl (C=O) groups excluding carboxylic acids is 1. The molecule has 7 heteroatoms. The molecule has 4 nitrogen and oxygen atoms in total. The van der Waals surface area contributed by atoms with E-state index in [0.29, 0.717) is 16.6 Å². The Bertz CT molecular complexity index is 821. The molecule has 1 heterocycles. The third-order valence-corrected chi connectivity index (χ3v) is 7.05. The van der Waals surface area contributed by atoms with E-state index < -0.39 is 0 Å². The summed E-state index contributed by atoms with van der Waals surface area (Å²) < 4.78 is 5.30. The molecule has 3 rings (SSSR count). The van der Waals surface area contributed by atoms with Gasteiger partial charge in [0.25, 0.3) is 0 Å². The monoisotopic (exact) mass is 466 g/mol. The number of rotatable bonds is 9. The molecule has 1 aliphatic rings. The van der Waals surface area contributed by atoms with Crippen molar-refractivity contribution in [2.75, 3.05) is 32.5 Å². The van der Waals surface area contributed by atoms with Crippen LogP contribution in [-0.2, 0) is 17.1 Å². The number of halogens is 2. The lowest BCUT2D eigenvalue weighted by molar-refractivity contribution is -0.126. The molecule has 0 spiro atoms. The molecule has 0 aliphatic carbocycles. The van der Waals surface area contributed by atoms with E-state index >= 15 is 0 Å². The predicted octanol–water partition coefficient (Wildman–Crippen LogP) is 5.26. The first-order valence-corrected chi connectivity index (χ1v) is 12.1. The van der Waals surface area contributed by atoms with E-state index in [0.717, 1.165) is 55.3 Å². The van der Waals surface area contributed by atoms with Gasteiger partial charge in [-0.1, -0.05) is 41.4 Å². The van der Waals surface area contributed by atoms with Crippen molar-refractivity contribution in [2.45, 2.75) is 25.1 Å². The molecule has 162 valence electrons. The molecule has 1 fully saturated rings. The summed E-state index contributed by atoms with van der Waals surface area (Å²) in [6, 6.07) is 13.7. The van der Waals surface area contributed by atoms with Gasteiger partial charge in [0.15, 0.2) is 0 Å². The molecule has 1 saturated heterocycles. The fraction of sp³-hybridized carbons (Fsp3) is 0.435. The van der Waals surface area contributed by atoms with Crippen molar-refractivity contribution in [3.63, 3.8) is 0 Å². The molecule has 0 atom stereocenters. The lowest BCUT2D eigenvalue weighted by Crippen LogP contribution is -2.40. The average Bonchev–Trinajstić information content (AvgIpc) is 2.76. The van der Waals surface area contributed by atoms with Gasteiger partial charge in [-0.3, -0.25) is 9.69 Å². The standard InChI is InChI=1S/C23H28Cl2N2O2S/c1-29-19-5-2-4-17(14-19)15-27-11-8-18(9-12-27)23(28)26-10-13-30-16-20-21(24)6-3-7-22(20)25/h2-7,14,18H,8-13,15-16H2,1H3,(H,26,28). The van der Waals surface area contributed by atoms with Crippen LogP contribution in [0.4, 0.5) is 0 Å². The number of benzene rings is 2. The van der Waals surface area contributed by atoms with Crippen LogP contribution in [0.5, 0.6) is 5.75 Å². The number of nitrogens with one attached hydrogen (secondary N) is 1. The summed E-state index contributed by atoms with van der Waals surface area (Å²) in [5, 5.41) is 4.48. The number of methoxy groups -OCH3 is 1. The summed E-state index contributed by atoms with van der Waals surface area (Å²) in [6.45, 7) is 3.44. The number of hydrogen-bond acceptors (Lipinski definition) is 4. The lowest BCUT2D eigenvalue weighted by Gasteiger charge is -2.31. The molecule has 2 aromatic carbocycles. The number of hydrogen-bond donors (Lipinski definition) is 1. The minimum atomic E-state index is 0.106. The first kappa shape index (κ1) is 23.3. The van der Waals surface area contributed by atoms with Gasteiger partial charge in [-0.25, -0.2) is 0 Å². The van der Waals surface area contributed by atoms with Gasteiger partial charge in [0.1, 0.15) is 5.75 Å². The number of nitrogens with zero attached hydrogens (tertiary/aromatic N) is 1. The van der Waals surface area contributed by atoms with Crippen LogP contribution >= 0.6 is 35.0 Å². The van der Waals surface area contributed by atoms with Crippen molar-refractivity contribution < 1.29 is 9.53 Å². The molecule has 30 heavy (non-hydrogen) atoms. The zero-order valence-corrected chi connectivity index (χ0v) is 19.5. The quantitative estimate of drug-likeness (QED) is 0.511. The highest BCUT2D eigenvalue weighted by Crippen LogP contribution is 2.28. The smallest absolute Gasteiger partial charge is 0.223 e. The SMILES string of the molecule is COc1cccc(CN2CCC(C(=O)NCCSCc3c(Cl)cccc3Cl)CC2)c1. The molecule has 0 bridgehead atoms. The second-order valence-electron chi connectivity index (χ2n) is 7.45. The molecule has 1 aliphatic heterocycles. The van der Waals surface area contributed by atoms with Gasteiger partial charge >= 0.3 is 0 Å². The number of carbonyl (C=O) groups is 1. The second kappa shape index (κ2) is 11.8. The van der Waals surface area contributed by atoms with E-state index in [4.69, 9.17) is 27.9 Å². The van der Waals surface area contributed by atoms with E-state index in [-0.39, 0.29) is 11.8 Å². The van der Waals surface area contributed by atoms with Crippen LogP contribution < -0.4 is 10.1 Å². The molecule has 2 aromatic rings. The van der Waals surface area contributed by atoms with E-state index in [2.05, 4.69) is 22.3 Å². The third kappa shape index (κ3) is 6.81. The Hall–Kier alpha value is -1.40. The number of likely N-dealkylation sites (tertiary alicyclic amines) is 1. The molecule has 0 unspecified atom stereocenters. The van der Waals surface area contributed by atoms with Crippen LogP contribution in [0.2, 0.25) is 10.0 Å². The Kier molecular flexibility index (Phi) is 9.19. The van der Waals surface area contributed by atoms with Gasteiger partial charge in [0.2, 0.25) is 5.91 Å². The first-order valence-electron chi connectivity index (χ1n) is 10.2. The normalized spacial score (nSPS) is 15.2. The number of thioether (sulfide) groups is 1. The van der Waals surface area contributed by atoms with E-state index in [1.807, 2.05) is 30.3 Å². The highest BCUT2D eigenvalue weighted by molar-refractivity contribution is 7.98. The Morgan fingerprint density at radius 3 is 2.57 bits per heavy atom. The van der Waals surface area contributed by atoms with Gasteiger partial charge < -0.3 is 10.1 Å². The Balaban J connectivity index is 1.33. The highest BCUT2D eigenvalue weighted by atomic mass is 35.5. The van der Waals surface area contributed by atoms with Crippen molar-refractivity contribution in [2.24, 2.45) is 5.92 Å². The topological polar surface area (TPSA) is 41.6 Å². The Morgan fingerprint density at radius 2 is 1.87 bits per heavy atom. The maximum absolute atomic E-state index is 12.5. The van der Waals surface area contributed by atoms with Gasteiger partial charge in [-0.15, -0.1) is 0 Å². The summed E-state index contributed by atoms with van der Waals surface area (Å²) in [5.74, 6) is 2.75. The maximum Gasteiger partial charge on any atom is 0.223 e. The van der Waals surface area contributed by atoms with Gasteiger partial charge in [0.05, 0.1) is 7.11 Å². The molecular weight excluding hydrogens is 439 g/mol. The largest absolute Gasteiger partial charge is 0.497 e. The van der Waals surface area contributed by atoms with Crippen LogP contribution in [0.1, 0.15) is 24.0 Å². The van der Waals surface area contributed by atoms with Gasteiger partial charge in [-0.05, 0) is 61.3 Å². The van der Waals surface area contributed by atoms with E-state index in [1.54, 1.807) is 18.9 Å². The van der Waals surface area contributed by atoms with Crippen LogP contribution in [-0.4, -0.2) is 43.3 Å². The molecule has 0 radical (unpaired) electrons. The van der Waals surface area contributed by atoms with Gasteiger partial charge in [-0.2, -0.15) is 11.8 Å².